The van der Waals surface area contributed by atoms with Crippen molar-refractivity contribution in [3.63, 3.8) is 0 Å². The summed E-state index contributed by atoms with van der Waals surface area (Å²) in [5.41, 5.74) is 4.75. The SMILES string of the molecule is c1cc2oc(N3CCOCC3)nc2cn1.c1ccc2oc(N3CCOCC3)nc2c1.c1cnc2nc(N3CCOCC3)oc2c1. The van der Waals surface area contributed by atoms with Gasteiger partial charge in [0.1, 0.15) is 11.0 Å². The normalized spacial score (nSPS) is 17.2. The Morgan fingerprint density at radius 1 is 0.489 bits per heavy atom. The van der Waals surface area contributed by atoms with E-state index in [0.29, 0.717) is 23.7 Å². The predicted molar refractivity (Wildman–Crippen MR) is 167 cm³/mol. The third kappa shape index (κ3) is 6.98. The molecule has 0 amide bonds. The van der Waals surface area contributed by atoms with E-state index < -0.39 is 0 Å². The van der Waals surface area contributed by atoms with Crippen LogP contribution in [-0.2, 0) is 14.2 Å². The molecule has 0 aliphatic carbocycles. The van der Waals surface area contributed by atoms with Crippen LogP contribution in [0.1, 0.15) is 0 Å². The minimum absolute atomic E-state index is 0.645. The Morgan fingerprint density at radius 3 is 1.58 bits per heavy atom. The summed E-state index contributed by atoms with van der Waals surface area (Å²) >= 11 is 0. The largest absolute Gasteiger partial charge is 0.423 e. The van der Waals surface area contributed by atoms with Gasteiger partial charge in [-0.2, -0.15) is 15.0 Å². The minimum atomic E-state index is 0.645. The second-order valence-electron chi connectivity index (χ2n) is 10.4. The van der Waals surface area contributed by atoms with Gasteiger partial charge in [-0.3, -0.25) is 4.98 Å². The zero-order chi connectivity index (χ0) is 30.3. The summed E-state index contributed by atoms with van der Waals surface area (Å²) in [5.74, 6) is 0. The number of hydrogen-bond acceptors (Lipinski definition) is 14. The maximum absolute atomic E-state index is 5.67. The second-order valence-corrected chi connectivity index (χ2v) is 10.4. The maximum atomic E-state index is 5.67. The van der Waals surface area contributed by atoms with Crippen LogP contribution in [0, 0.1) is 0 Å². The van der Waals surface area contributed by atoms with E-state index in [2.05, 4.69) is 39.6 Å². The van der Waals surface area contributed by atoms with Crippen molar-refractivity contribution >= 4 is 51.5 Å². The molecule has 14 nitrogen and oxygen atoms in total. The third-order valence-electron chi connectivity index (χ3n) is 7.46. The number of nitrogens with zero attached hydrogens (tertiary/aromatic N) is 8. The first kappa shape index (κ1) is 29.0. The quantitative estimate of drug-likeness (QED) is 0.285. The first-order valence-corrected chi connectivity index (χ1v) is 15.1. The number of para-hydroxylation sites is 2. The van der Waals surface area contributed by atoms with Crippen LogP contribution in [0.5, 0.6) is 0 Å². The summed E-state index contributed by atoms with van der Waals surface area (Å²) in [6, 6.07) is 15.4. The molecule has 0 bridgehead atoms. The number of pyridine rings is 2. The van der Waals surface area contributed by atoms with Gasteiger partial charge in [0.25, 0.3) is 18.0 Å². The highest BCUT2D eigenvalue weighted by Gasteiger charge is 2.19. The Labute approximate surface area is 258 Å². The van der Waals surface area contributed by atoms with Crippen molar-refractivity contribution in [2.75, 3.05) is 93.6 Å². The van der Waals surface area contributed by atoms with Gasteiger partial charge in [0.05, 0.1) is 45.8 Å². The fraction of sp³-hybridized carbons (Fsp3) is 0.387. The molecule has 1 aromatic carbocycles. The molecule has 9 rings (SSSR count). The number of anilines is 3. The maximum Gasteiger partial charge on any atom is 0.300 e. The van der Waals surface area contributed by atoms with Gasteiger partial charge in [-0.25, -0.2) is 4.98 Å². The molecule has 234 valence electrons. The van der Waals surface area contributed by atoms with Gasteiger partial charge < -0.3 is 42.2 Å². The number of ether oxygens (including phenoxy) is 3. The van der Waals surface area contributed by atoms with Crippen molar-refractivity contribution in [2.24, 2.45) is 0 Å². The van der Waals surface area contributed by atoms with Gasteiger partial charge in [-0.05, 0) is 24.3 Å². The van der Waals surface area contributed by atoms with Crippen LogP contribution in [0.2, 0.25) is 0 Å². The molecule has 3 aliphatic heterocycles. The first-order chi connectivity index (χ1) is 22.3. The zero-order valence-electron chi connectivity index (χ0n) is 24.8. The lowest BCUT2D eigenvalue weighted by Crippen LogP contribution is -2.36. The van der Waals surface area contributed by atoms with E-state index in [-0.39, 0.29) is 0 Å². The molecule has 3 aliphatic rings. The van der Waals surface area contributed by atoms with E-state index in [1.807, 2.05) is 42.5 Å². The van der Waals surface area contributed by atoms with Crippen LogP contribution in [-0.4, -0.2) is 104 Å². The first-order valence-electron chi connectivity index (χ1n) is 15.1. The van der Waals surface area contributed by atoms with Crippen LogP contribution in [0.4, 0.5) is 18.0 Å². The van der Waals surface area contributed by atoms with Crippen molar-refractivity contribution in [1.82, 2.24) is 24.9 Å². The topological polar surface area (TPSA) is 141 Å². The van der Waals surface area contributed by atoms with Crippen LogP contribution in [0.3, 0.4) is 0 Å². The second kappa shape index (κ2) is 13.9. The number of rotatable bonds is 3. The predicted octanol–water partition coefficient (Wildman–Crippen LogP) is 3.78. The van der Waals surface area contributed by atoms with Gasteiger partial charge in [0, 0.05) is 57.7 Å². The molecule has 5 aromatic heterocycles. The molecule has 0 N–H and O–H groups in total. The Hall–Kier alpha value is -4.79. The van der Waals surface area contributed by atoms with Crippen molar-refractivity contribution in [3.05, 3.63) is 61.1 Å². The van der Waals surface area contributed by atoms with E-state index in [1.165, 1.54) is 0 Å². The molecule has 0 radical (unpaired) electrons. The summed E-state index contributed by atoms with van der Waals surface area (Å²) in [5, 5.41) is 0. The number of oxazole rings is 3. The van der Waals surface area contributed by atoms with Gasteiger partial charge >= 0.3 is 0 Å². The number of fused-ring (bicyclic) bond motifs is 3. The van der Waals surface area contributed by atoms with Crippen LogP contribution >= 0.6 is 0 Å². The number of hydrogen-bond donors (Lipinski definition) is 0. The fourth-order valence-electron chi connectivity index (χ4n) is 5.06. The van der Waals surface area contributed by atoms with Crippen molar-refractivity contribution < 1.29 is 27.5 Å². The van der Waals surface area contributed by atoms with Gasteiger partial charge in [-0.15, -0.1) is 0 Å². The van der Waals surface area contributed by atoms with E-state index in [4.69, 9.17) is 27.5 Å². The number of aromatic nitrogens is 5. The lowest BCUT2D eigenvalue weighted by atomic mass is 10.3. The summed E-state index contributed by atoms with van der Waals surface area (Å²) in [7, 11) is 0. The molecule has 14 heteroatoms. The molecule has 0 unspecified atom stereocenters. The molecular weight excluding hydrogens is 580 g/mol. The standard InChI is InChI=1S/C11H12N2O2.2C10H11N3O2/c1-2-4-10-9(3-1)12-11(15-10)13-5-7-14-8-6-13;1-2-11-7-8-9(1)15-10(12-8)13-3-5-14-6-4-13;1-2-8-9(11-3-1)12-10(15-8)13-4-6-14-7-5-13/h1-4H,5-8H2;1-2,7H,3-6H2;1-3H,4-7H2. The molecule has 45 heavy (non-hydrogen) atoms. The van der Waals surface area contributed by atoms with Crippen molar-refractivity contribution in [1.29, 1.82) is 0 Å². The van der Waals surface area contributed by atoms with Crippen molar-refractivity contribution in [3.8, 4) is 0 Å². The molecule has 0 saturated carbocycles. The van der Waals surface area contributed by atoms with E-state index in [0.717, 1.165) is 107 Å². The molecule has 0 spiro atoms. The molecule has 8 heterocycles. The smallest absolute Gasteiger partial charge is 0.300 e. The van der Waals surface area contributed by atoms with Gasteiger partial charge in [-0.1, -0.05) is 12.1 Å². The van der Waals surface area contributed by atoms with E-state index in [1.54, 1.807) is 18.6 Å². The summed E-state index contributed by atoms with van der Waals surface area (Å²) in [6.07, 6.45) is 5.13. The Bertz CT molecular complexity index is 1500. The molecule has 0 atom stereocenters. The van der Waals surface area contributed by atoms with Crippen LogP contribution in [0.15, 0.2) is 74.3 Å². The van der Waals surface area contributed by atoms with Crippen molar-refractivity contribution in [2.45, 2.75) is 0 Å². The summed E-state index contributed by atoms with van der Waals surface area (Å²) in [4.78, 5) is 27.6. The third-order valence-corrected chi connectivity index (χ3v) is 7.46. The number of benzene rings is 1. The van der Waals surface area contributed by atoms with Crippen LogP contribution in [0.25, 0.3) is 33.4 Å². The zero-order valence-corrected chi connectivity index (χ0v) is 24.8. The fourth-order valence-corrected chi connectivity index (χ4v) is 5.06. The molecule has 6 aromatic rings. The highest BCUT2D eigenvalue weighted by molar-refractivity contribution is 5.74. The van der Waals surface area contributed by atoms with Crippen LogP contribution < -0.4 is 14.7 Å². The lowest BCUT2D eigenvalue weighted by molar-refractivity contribution is 0.120. The Kier molecular flexibility index (Phi) is 8.93. The average Bonchev–Trinajstić information content (AvgIpc) is 3.87. The highest BCUT2D eigenvalue weighted by atomic mass is 16.5. The average molecular weight is 615 g/mol. The molecule has 3 saturated heterocycles. The van der Waals surface area contributed by atoms with E-state index in [9.17, 15) is 0 Å². The molecular formula is C31H34N8O6. The molecule has 3 fully saturated rings. The number of morpholine rings is 3. The monoisotopic (exact) mass is 614 g/mol. The Balaban J connectivity index is 0.000000108. The summed E-state index contributed by atoms with van der Waals surface area (Å²) < 4.78 is 32.7. The highest BCUT2D eigenvalue weighted by Crippen LogP contribution is 2.23. The van der Waals surface area contributed by atoms with Gasteiger partial charge in [0.15, 0.2) is 16.7 Å². The lowest BCUT2D eigenvalue weighted by Gasteiger charge is -2.24. The van der Waals surface area contributed by atoms with Gasteiger partial charge in [0.2, 0.25) is 5.65 Å². The van der Waals surface area contributed by atoms with E-state index >= 15 is 0 Å². The Morgan fingerprint density at radius 2 is 1.00 bits per heavy atom. The summed E-state index contributed by atoms with van der Waals surface area (Å²) in [6.45, 7) is 9.45. The minimum Gasteiger partial charge on any atom is -0.423 e.